The Morgan fingerprint density at radius 1 is 1.33 bits per heavy atom. The van der Waals surface area contributed by atoms with Crippen LogP contribution in [0.1, 0.15) is 13.3 Å². The first-order chi connectivity index (χ1) is 4.38. The minimum atomic E-state index is 0.153. The molecule has 2 rings (SSSR count). The van der Waals surface area contributed by atoms with E-state index in [-0.39, 0.29) is 6.29 Å². The van der Waals surface area contributed by atoms with E-state index >= 15 is 0 Å². The van der Waals surface area contributed by atoms with E-state index < -0.39 is 0 Å². The molecular formula is C7H12O2. The smallest absolute Gasteiger partial charge is 0.160 e. The quantitative estimate of drug-likeness (QED) is 0.485. The standard InChI is InChI=1S/C7H12O2/c1-5-4-9-7-6(5)2-3-8-7/h5-7H,2-4H2,1H3/t5?,6-,7-/m0/s1. The van der Waals surface area contributed by atoms with Crippen molar-refractivity contribution in [1.29, 1.82) is 0 Å². The molecule has 2 nitrogen and oxygen atoms in total. The van der Waals surface area contributed by atoms with Crippen molar-refractivity contribution < 1.29 is 9.47 Å². The molecule has 3 atom stereocenters. The Morgan fingerprint density at radius 2 is 2.22 bits per heavy atom. The molecule has 2 saturated heterocycles. The van der Waals surface area contributed by atoms with E-state index in [9.17, 15) is 0 Å². The van der Waals surface area contributed by atoms with Crippen LogP contribution < -0.4 is 0 Å². The Labute approximate surface area is 55.1 Å². The first kappa shape index (κ1) is 5.69. The van der Waals surface area contributed by atoms with E-state index in [1.54, 1.807) is 0 Å². The van der Waals surface area contributed by atoms with Crippen molar-refractivity contribution in [3.63, 3.8) is 0 Å². The highest BCUT2D eigenvalue weighted by Gasteiger charge is 2.38. The summed E-state index contributed by atoms with van der Waals surface area (Å²) < 4.78 is 10.7. The van der Waals surface area contributed by atoms with Gasteiger partial charge in [-0.3, -0.25) is 0 Å². The van der Waals surface area contributed by atoms with Gasteiger partial charge in [0.1, 0.15) is 0 Å². The van der Waals surface area contributed by atoms with Gasteiger partial charge in [0.05, 0.1) is 13.2 Å². The van der Waals surface area contributed by atoms with Crippen LogP contribution in [0.2, 0.25) is 0 Å². The molecule has 0 saturated carbocycles. The molecule has 0 spiro atoms. The largest absolute Gasteiger partial charge is 0.352 e. The van der Waals surface area contributed by atoms with Crippen molar-refractivity contribution >= 4 is 0 Å². The van der Waals surface area contributed by atoms with Crippen LogP contribution in [0, 0.1) is 11.8 Å². The Morgan fingerprint density at radius 3 is 3.00 bits per heavy atom. The maximum absolute atomic E-state index is 5.37. The minimum Gasteiger partial charge on any atom is -0.352 e. The molecule has 0 aromatic heterocycles. The molecule has 0 radical (unpaired) electrons. The van der Waals surface area contributed by atoms with Gasteiger partial charge < -0.3 is 9.47 Å². The highest BCUT2D eigenvalue weighted by Crippen LogP contribution is 2.34. The molecule has 9 heavy (non-hydrogen) atoms. The predicted molar refractivity (Wildman–Crippen MR) is 33.0 cm³/mol. The van der Waals surface area contributed by atoms with Crippen molar-refractivity contribution in [3.8, 4) is 0 Å². The molecule has 0 aromatic carbocycles. The summed E-state index contributed by atoms with van der Waals surface area (Å²) in [5.74, 6) is 1.42. The Hall–Kier alpha value is -0.0800. The van der Waals surface area contributed by atoms with E-state index in [2.05, 4.69) is 6.92 Å². The number of rotatable bonds is 0. The zero-order chi connectivity index (χ0) is 6.27. The van der Waals surface area contributed by atoms with Crippen LogP contribution in [-0.4, -0.2) is 19.5 Å². The molecule has 2 aliphatic rings. The zero-order valence-electron chi connectivity index (χ0n) is 5.67. The van der Waals surface area contributed by atoms with Crippen LogP contribution in [0.4, 0.5) is 0 Å². The highest BCUT2D eigenvalue weighted by molar-refractivity contribution is 4.79. The molecular weight excluding hydrogens is 116 g/mol. The fourth-order valence-corrected chi connectivity index (χ4v) is 1.67. The fourth-order valence-electron chi connectivity index (χ4n) is 1.67. The maximum Gasteiger partial charge on any atom is 0.160 e. The lowest BCUT2D eigenvalue weighted by Gasteiger charge is -2.07. The monoisotopic (exact) mass is 128 g/mol. The van der Waals surface area contributed by atoms with Gasteiger partial charge in [0.15, 0.2) is 6.29 Å². The lowest BCUT2D eigenvalue weighted by Crippen LogP contribution is -2.12. The van der Waals surface area contributed by atoms with Gasteiger partial charge in [0.2, 0.25) is 0 Å². The van der Waals surface area contributed by atoms with E-state index in [0.717, 1.165) is 19.1 Å². The van der Waals surface area contributed by atoms with Gasteiger partial charge in [-0.05, 0) is 12.3 Å². The average Bonchev–Trinajstić information content (AvgIpc) is 2.35. The van der Waals surface area contributed by atoms with Crippen LogP contribution in [0.3, 0.4) is 0 Å². The Kier molecular flexibility index (Phi) is 1.24. The zero-order valence-corrected chi connectivity index (χ0v) is 5.67. The van der Waals surface area contributed by atoms with Gasteiger partial charge >= 0.3 is 0 Å². The Balaban J connectivity index is 2.07. The first-order valence-electron chi connectivity index (χ1n) is 3.61. The van der Waals surface area contributed by atoms with Crippen LogP contribution in [0.15, 0.2) is 0 Å². The Bertz CT molecular complexity index is 113. The third kappa shape index (κ3) is 0.775. The lowest BCUT2D eigenvalue weighted by atomic mass is 9.96. The first-order valence-corrected chi connectivity index (χ1v) is 3.61. The van der Waals surface area contributed by atoms with E-state index in [1.165, 1.54) is 6.42 Å². The molecule has 2 aliphatic heterocycles. The second-order valence-electron chi connectivity index (χ2n) is 3.00. The number of fused-ring (bicyclic) bond motifs is 1. The summed E-state index contributed by atoms with van der Waals surface area (Å²) in [5.41, 5.74) is 0. The van der Waals surface area contributed by atoms with Gasteiger partial charge in [-0.1, -0.05) is 6.92 Å². The van der Waals surface area contributed by atoms with E-state index in [0.29, 0.717) is 5.92 Å². The summed E-state index contributed by atoms with van der Waals surface area (Å²) in [6.45, 7) is 4.04. The third-order valence-electron chi connectivity index (χ3n) is 2.34. The second kappa shape index (κ2) is 1.96. The van der Waals surface area contributed by atoms with Crippen molar-refractivity contribution in [2.24, 2.45) is 11.8 Å². The van der Waals surface area contributed by atoms with E-state index in [4.69, 9.17) is 9.47 Å². The van der Waals surface area contributed by atoms with Crippen molar-refractivity contribution in [3.05, 3.63) is 0 Å². The van der Waals surface area contributed by atoms with Gasteiger partial charge in [0, 0.05) is 5.92 Å². The summed E-state index contributed by atoms with van der Waals surface area (Å²) >= 11 is 0. The molecule has 0 amide bonds. The maximum atomic E-state index is 5.37. The van der Waals surface area contributed by atoms with E-state index in [1.807, 2.05) is 0 Å². The van der Waals surface area contributed by atoms with Crippen LogP contribution in [-0.2, 0) is 9.47 Å². The van der Waals surface area contributed by atoms with Crippen molar-refractivity contribution in [1.82, 2.24) is 0 Å². The third-order valence-corrected chi connectivity index (χ3v) is 2.34. The molecule has 0 aliphatic carbocycles. The summed E-state index contributed by atoms with van der Waals surface area (Å²) in [5, 5.41) is 0. The van der Waals surface area contributed by atoms with Crippen LogP contribution in [0.25, 0.3) is 0 Å². The van der Waals surface area contributed by atoms with Crippen molar-refractivity contribution in [2.75, 3.05) is 13.2 Å². The number of hydrogen-bond donors (Lipinski definition) is 0. The molecule has 2 heteroatoms. The van der Waals surface area contributed by atoms with Crippen LogP contribution >= 0.6 is 0 Å². The van der Waals surface area contributed by atoms with Crippen molar-refractivity contribution in [2.45, 2.75) is 19.6 Å². The number of ether oxygens (including phenoxy) is 2. The summed E-state index contributed by atoms with van der Waals surface area (Å²) in [6.07, 6.45) is 1.35. The summed E-state index contributed by atoms with van der Waals surface area (Å²) in [4.78, 5) is 0. The molecule has 0 N–H and O–H groups in total. The molecule has 1 unspecified atom stereocenters. The highest BCUT2D eigenvalue weighted by atomic mass is 16.7. The normalized spacial score (nSPS) is 49.7. The summed E-state index contributed by atoms with van der Waals surface area (Å²) in [6, 6.07) is 0. The molecule has 0 aromatic rings. The predicted octanol–water partition coefficient (Wildman–Crippen LogP) is 1.02. The summed E-state index contributed by atoms with van der Waals surface area (Å²) in [7, 11) is 0. The topological polar surface area (TPSA) is 18.5 Å². The molecule has 52 valence electrons. The second-order valence-corrected chi connectivity index (χ2v) is 3.00. The molecule has 0 bridgehead atoms. The SMILES string of the molecule is CC1CO[C@@H]2OCC[C@@H]12. The van der Waals surface area contributed by atoms with Gasteiger partial charge in [0.25, 0.3) is 0 Å². The molecule has 2 heterocycles. The lowest BCUT2D eigenvalue weighted by molar-refractivity contribution is -0.0905. The minimum absolute atomic E-state index is 0.153. The van der Waals surface area contributed by atoms with Crippen LogP contribution in [0.5, 0.6) is 0 Å². The molecule has 2 fully saturated rings. The fraction of sp³-hybridized carbons (Fsp3) is 1.00. The average molecular weight is 128 g/mol. The van der Waals surface area contributed by atoms with Gasteiger partial charge in [-0.25, -0.2) is 0 Å². The number of hydrogen-bond acceptors (Lipinski definition) is 2. The van der Waals surface area contributed by atoms with Gasteiger partial charge in [-0.2, -0.15) is 0 Å². The van der Waals surface area contributed by atoms with Gasteiger partial charge in [-0.15, -0.1) is 0 Å².